The number of aromatic nitrogens is 2. The summed E-state index contributed by atoms with van der Waals surface area (Å²) in [7, 11) is 0. The van der Waals surface area contributed by atoms with Crippen molar-refractivity contribution in [1.82, 2.24) is 9.97 Å². The number of nitrogens with zero attached hydrogens (tertiary/aromatic N) is 2. The van der Waals surface area contributed by atoms with E-state index >= 15 is 0 Å². The molecule has 0 radical (unpaired) electrons. The van der Waals surface area contributed by atoms with Crippen molar-refractivity contribution in [2.45, 2.75) is 36.9 Å². The third kappa shape index (κ3) is 4.93. The zero-order valence-electron chi connectivity index (χ0n) is 11.4. The molecule has 1 heterocycles. The van der Waals surface area contributed by atoms with Gasteiger partial charge in [-0.1, -0.05) is 0 Å². The Kier molecular flexibility index (Phi) is 7.05. The van der Waals surface area contributed by atoms with Crippen LogP contribution in [0.1, 0.15) is 17.5 Å². The van der Waals surface area contributed by atoms with Gasteiger partial charge in [0.25, 0.3) is 0 Å². The van der Waals surface area contributed by atoms with Gasteiger partial charge in [-0.25, -0.2) is 0 Å². The van der Waals surface area contributed by atoms with Crippen molar-refractivity contribution in [3.8, 4) is 0 Å². The first-order valence-corrected chi connectivity index (χ1v) is 6.52. The summed E-state index contributed by atoms with van der Waals surface area (Å²) in [5.74, 6) is 0. The molecule has 0 aromatic carbocycles. The minimum atomic E-state index is -1.50. The summed E-state index contributed by atoms with van der Waals surface area (Å²) >= 11 is 0. The van der Waals surface area contributed by atoms with E-state index in [4.69, 9.17) is 11.5 Å². The standard InChI is InChI=1S/C12H22N4O5/c13-2-9(18)8(17)1-6-4-15-5-7(16-6)11(20)12(21)10(19)3-14/h4-5,8-12,17-21H,1-3,13-14H2. The van der Waals surface area contributed by atoms with Crippen molar-refractivity contribution in [1.29, 1.82) is 0 Å². The number of rotatable bonds is 8. The van der Waals surface area contributed by atoms with Gasteiger partial charge in [0.05, 0.1) is 35.9 Å². The average Bonchev–Trinajstić information content (AvgIpc) is 2.51. The van der Waals surface area contributed by atoms with Gasteiger partial charge in [-0.2, -0.15) is 0 Å². The van der Waals surface area contributed by atoms with Crippen LogP contribution in [0.5, 0.6) is 0 Å². The molecule has 5 unspecified atom stereocenters. The molecule has 0 saturated heterocycles. The molecule has 0 saturated carbocycles. The number of aliphatic hydroxyl groups is 5. The molecule has 1 aromatic rings. The lowest BCUT2D eigenvalue weighted by Gasteiger charge is -2.22. The van der Waals surface area contributed by atoms with Gasteiger partial charge in [-0.3, -0.25) is 9.97 Å². The van der Waals surface area contributed by atoms with Crippen LogP contribution in [-0.4, -0.2) is 73.0 Å². The van der Waals surface area contributed by atoms with Crippen LogP contribution in [0.15, 0.2) is 12.4 Å². The predicted molar refractivity (Wildman–Crippen MR) is 72.8 cm³/mol. The number of aliphatic hydroxyl groups excluding tert-OH is 5. The van der Waals surface area contributed by atoms with Crippen LogP contribution in [0, 0.1) is 0 Å². The molecule has 21 heavy (non-hydrogen) atoms. The highest BCUT2D eigenvalue weighted by Crippen LogP contribution is 2.17. The van der Waals surface area contributed by atoms with E-state index in [0.717, 1.165) is 0 Å². The fraction of sp³-hybridized carbons (Fsp3) is 0.667. The van der Waals surface area contributed by atoms with Gasteiger partial charge in [-0.15, -0.1) is 0 Å². The molecule has 120 valence electrons. The van der Waals surface area contributed by atoms with Crippen LogP contribution in [0.25, 0.3) is 0 Å². The van der Waals surface area contributed by atoms with E-state index in [-0.39, 0.29) is 25.2 Å². The molecule has 5 atom stereocenters. The Morgan fingerprint density at radius 2 is 1.52 bits per heavy atom. The second-order valence-electron chi connectivity index (χ2n) is 4.75. The van der Waals surface area contributed by atoms with E-state index in [2.05, 4.69) is 9.97 Å². The molecule has 0 fully saturated rings. The second-order valence-corrected chi connectivity index (χ2v) is 4.75. The highest BCUT2D eigenvalue weighted by atomic mass is 16.4. The van der Waals surface area contributed by atoms with Crippen LogP contribution < -0.4 is 11.5 Å². The Labute approximate surface area is 121 Å². The Balaban J connectivity index is 2.80. The summed E-state index contributed by atoms with van der Waals surface area (Å²) in [6, 6.07) is 0. The van der Waals surface area contributed by atoms with Gasteiger partial charge < -0.3 is 37.0 Å². The molecule has 0 aliphatic carbocycles. The van der Waals surface area contributed by atoms with E-state index in [1.54, 1.807) is 0 Å². The van der Waals surface area contributed by atoms with Gasteiger partial charge in [0.2, 0.25) is 0 Å². The zero-order chi connectivity index (χ0) is 16.0. The average molecular weight is 302 g/mol. The van der Waals surface area contributed by atoms with Crippen molar-refractivity contribution in [3.05, 3.63) is 23.8 Å². The fourth-order valence-corrected chi connectivity index (χ4v) is 1.70. The predicted octanol–water partition coefficient (Wildman–Crippen LogP) is -3.59. The lowest BCUT2D eigenvalue weighted by Crippen LogP contribution is -2.38. The summed E-state index contributed by atoms with van der Waals surface area (Å²) in [5.41, 5.74) is 10.8. The minimum Gasteiger partial charge on any atom is -0.390 e. The van der Waals surface area contributed by atoms with E-state index in [0.29, 0.717) is 5.69 Å². The SMILES string of the molecule is NCC(O)C(O)Cc1cncc(C(O)C(O)C(O)CN)n1. The van der Waals surface area contributed by atoms with Gasteiger partial charge >= 0.3 is 0 Å². The zero-order valence-corrected chi connectivity index (χ0v) is 11.4. The molecule has 9 heteroatoms. The van der Waals surface area contributed by atoms with E-state index in [1.165, 1.54) is 12.4 Å². The Bertz CT molecular complexity index is 436. The molecule has 1 aromatic heterocycles. The second kappa shape index (κ2) is 8.29. The summed E-state index contributed by atoms with van der Waals surface area (Å²) in [6.45, 7) is -0.314. The van der Waals surface area contributed by atoms with E-state index in [1.807, 2.05) is 0 Å². The molecule has 0 spiro atoms. The molecule has 9 N–H and O–H groups in total. The molecule has 0 aliphatic heterocycles. The molecular weight excluding hydrogens is 280 g/mol. The van der Waals surface area contributed by atoms with Crippen LogP contribution in [-0.2, 0) is 6.42 Å². The molecule has 0 bridgehead atoms. The van der Waals surface area contributed by atoms with Crippen molar-refractivity contribution >= 4 is 0 Å². The van der Waals surface area contributed by atoms with Crippen molar-refractivity contribution in [2.75, 3.05) is 13.1 Å². The third-order valence-electron chi connectivity index (χ3n) is 3.07. The van der Waals surface area contributed by atoms with E-state index in [9.17, 15) is 25.5 Å². The first-order valence-electron chi connectivity index (χ1n) is 6.52. The Hall–Kier alpha value is -1.20. The van der Waals surface area contributed by atoms with Crippen LogP contribution >= 0.6 is 0 Å². The molecule has 9 nitrogen and oxygen atoms in total. The summed E-state index contributed by atoms with van der Waals surface area (Å²) in [4.78, 5) is 7.87. The van der Waals surface area contributed by atoms with Crippen molar-refractivity contribution < 1.29 is 25.5 Å². The van der Waals surface area contributed by atoms with Crippen molar-refractivity contribution in [2.24, 2.45) is 11.5 Å². The summed E-state index contributed by atoms with van der Waals surface area (Å²) in [5, 5.41) is 48.1. The first-order chi connectivity index (χ1) is 9.90. The molecular formula is C12H22N4O5. The number of hydrogen-bond donors (Lipinski definition) is 7. The van der Waals surface area contributed by atoms with Crippen LogP contribution in [0.3, 0.4) is 0 Å². The summed E-state index contributed by atoms with van der Waals surface area (Å²) < 4.78 is 0. The van der Waals surface area contributed by atoms with Gasteiger partial charge in [0.1, 0.15) is 12.2 Å². The highest BCUT2D eigenvalue weighted by Gasteiger charge is 2.26. The molecule has 0 aliphatic rings. The van der Waals surface area contributed by atoms with Crippen LogP contribution in [0.2, 0.25) is 0 Å². The van der Waals surface area contributed by atoms with E-state index < -0.39 is 30.5 Å². The van der Waals surface area contributed by atoms with Crippen molar-refractivity contribution in [3.63, 3.8) is 0 Å². The normalized spacial score (nSPS) is 18.8. The molecule has 0 amide bonds. The lowest BCUT2D eigenvalue weighted by atomic mass is 10.0. The largest absolute Gasteiger partial charge is 0.390 e. The maximum absolute atomic E-state index is 9.90. The Morgan fingerprint density at radius 3 is 2.10 bits per heavy atom. The highest BCUT2D eigenvalue weighted by molar-refractivity contribution is 5.09. The summed E-state index contributed by atoms with van der Waals surface area (Å²) in [6.07, 6.45) is -3.90. The van der Waals surface area contributed by atoms with Crippen LogP contribution in [0.4, 0.5) is 0 Å². The third-order valence-corrected chi connectivity index (χ3v) is 3.07. The maximum atomic E-state index is 9.90. The Morgan fingerprint density at radius 1 is 0.905 bits per heavy atom. The number of nitrogens with two attached hydrogens (primary N) is 2. The van der Waals surface area contributed by atoms with Gasteiger partial charge in [0, 0.05) is 25.7 Å². The monoisotopic (exact) mass is 302 g/mol. The lowest BCUT2D eigenvalue weighted by molar-refractivity contribution is -0.0584. The smallest absolute Gasteiger partial charge is 0.126 e. The van der Waals surface area contributed by atoms with Gasteiger partial charge in [-0.05, 0) is 0 Å². The minimum absolute atomic E-state index is 0.0124. The fourth-order valence-electron chi connectivity index (χ4n) is 1.70. The quantitative estimate of drug-likeness (QED) is 0.255. The number of hydrogen-bond acceptors (Lipinski definition) is 9. The topological polar surface area (TPSA) is 179 Å². The maximum Gasteiger partial charge on any atom is 0.126 e. The first kappa shape index (κ1) is 17.9. The van der Waals surface area contributed by atoms with Gasteiger partial charge in [0.15, 0.2) is 0 Å². The molecule has 1 rings (SSSR count).